The smallest absolute Gasteiger partial charge is 0.153 e. The number of rotatable bonds is 3. The summed E-state index contributed by atoms with van der Waals surface area (Å²) in [6.45, 7) is 1.58. The summed E-state index contributed by atoms with van der Waals surface area (Å²) in [7, 11) is 0. The average Bonchev–Trinajstić information content (AvgIpc) is 2.38. The number of carbonyl (C=O) groups excluding carboxylic acids is 1. The summed E-state index contributed by atoms with van der Waals surface area (Å²) in [5, 5.41) is 0. The molecule has 2 aromatic carbocycles. The van der Waals surface area contributed by atoms with Crippen LogP contribution in [0.2, 0.25) is 0 Å². The van der Waals surface area contributed by atoms with E-state index < -0.39 is 0 Å². The van der Waals surface area contributed by atoms with Crippen LogP contribution >= 0.6 is 0 Å². The van der Waals surface area contributed by atoms with E-state index in [0.717, 1.165) is 16.7 Å². The van der Waals surface area contributed by atoms with Crippen LogP contribution in [0.4, 0.5) is 0 Å². The molecule has 0 aromatic heterocycles. The molecule has 2 rings (SSSR count). The van der Waals surface area contributed by atoms with Gasteiger partial charge in [0.25, 0.3) is 0 Å². The van der Waals surface area contributed by atoms with E-state index in [1.807, 2.05) is 60.7 Å². The topological polar surface area (TPSA) is 17.1 Å². The fraction of sp³-hybridized carbons (Fsp3) is 0.0625. The number of hydrogen-bond donors (Lipinski definition) is 0. The fourth-order valence-corrected chi connectivity index (χ4v) is 1.77. The molecule has 0 N–H and O–H groups in total. The first-order valence-electron chi connectivity index (χ1n) is 5.60. The van der Waals surface area contributed by atoms with Gasteiger partial charge in [-0.25, -0.2) is 0 Å². The van der Waals surface area contributed by atoms with Gasteiger partial charge in [-0.2, -0.15) is 0 Å². The quantitative estimate of drug-likeness (QED) is 0.531. The van der Waals surface area contributed by atoms with Crippen molar-refractivity contribution in [3.05, 3.63) is 77.9 Å². The molecule has 0 saturated carbocycles. The van der Waals surface area contributed by atoms with Crippen molar-refractivity contribution in [2.45, 2.75) is 6.92 Å². The molecule has 0 amide bonds. The molecule has 0 heterocycles. The van der Waals surface area contributed by atoms with Crippen LogP contribution < -0.4 is 0 Å². The van der Waals surface area contributed by atoms with Crippen molar-refractivity contribution >= 4 is 11.4 Å². The van der Waals surface area contributed by atoms with Crippen molar-refractivity contribution in [1.82, 2.24) is 0 Å². The molecule has 1 nitrogen and oxygen atoms in total. The number of benzene rings is 2. The van der Waals surface area contributed by atoms with Gasteiger partial charge >= 0.3 is 0 Å². The van der Waals surface area contributed by atoms with Crippen molar-refractivity contribution in [1.29, 1.82) is 0 Å². The summed E-state index contributed by atoms with van der Waals surface area (Å²) < 4.78 is 0. The molecule has 0 saturated heterocycles. The molecule has 19 heavy (non-hydrogen) atoms. The second kappa shape index (κ2) is 9.14. The Kier molecular flexibility index (Phi) is 8.74. The standard InChI is InChI=1S/C16H14O.2Pd/c1-13(17)12-16(14-8-4-2-5-9-14)15-10-6-3-7-11-15;;/h2-12H,1H3;;. The van der Waals surface area contributed by atoms with Gasteiger partial charge in [-0.05, 0) is 29.7 Å². The van der Waals surface area contributed by atoms with Gasteiger partial charge in [0.1, 0.15) is 0 Å². The van der Waals surface area contributed by atoms with Crippen molar-refractivity contribution < 1.29 is 45.6 Å². The molecule has 0 radical (unpaired) electrons. The van der Waals surface area contributed by atoms with Crippen LogP contribution in [0.3, 0.4) is 0 Å². The van der Waals surface area contributed by atoms with Gasteiger partial charge in [-0.15, -0.1) is 0 Å². The molecule has 104 valence electrons. The van der Waals surface area contributed by atoms with Gasteiger partial charge in [0.15, 0.2) is 5.78 Å². The molecule has 0 spiro atoms. The van der Waals surface area contributed by atoms with Crippen molar-refractivity contribution in [2.24, 2.45) is 0 Å². The molecular weight excluding hydrogens is 421 g/mol. The zero-order valence-electron chi connectivity index (χ0n) is 10.4. The third kappa shape index (κ3) is 5.36. The summed E-state index contributed by atoms with van der Waals surface area (Å²) in [4.78, 5) is 11.3. The van der Waals surface area contributed by atoms with Gasteiger partial charge in [-0.1, -0.05) is 60.7 Å². The van der Waals surface area contributed by atoms with Crippen LogP contribution in [0.15, 0.2) is 66.7 Å². The molecule has 0 bridgehead atoms. The predicted molar refractivity (Wildman–Crippen MR) is 70.6 cm³/mol. The second-order valence-electron chi connectivity index (χ2n) is 3.90. The minimum atomic E-state index is 0. The Morgan fingerprint density at radius 3 is 1.47 bits per heavy atom. The van der Waals surface area contributed by atoms with Crippen molar-refractivity contribution in [3.63, 3.8) is 0 Å². The van der Waals surface area contributed by atoms with E-state index >= 15 is 0 Å². The van der Waals surface area contributed by atoms with Gasteiger partial charge in [0.05, 0.1) is 0 Å². The van der Waals surface area contributed by atoms with Crippen LogP contribution in [0.5, 0.6) is 0 Å². The summed E-state index contributed by atoms with van der Waals surface area (Å²) in [6, 6.07) is 19.9. The first-order chi connectivity index (χ1) is 8.27. The van der Waals surface area contributed by atoms with Crippen LogP contribution in [-0.4, -0.2) is 5.78 Å². The Morgan fingerprint density at radius 2 is 1.16 bits per heavy atom. The normalized spacial score (nSPS) is 8.68. The van der Waals surface area contributed by atoms with Crippen LogP contribution in [0.25, 0.3) is 5.57 Å². The zero-order chi connectivity index (χ0) is 12.1. The maximum Gasteiger partial charge on any atom is 0.153 e. The Labute approximate surface area is 141 Å². The van der Waals surface area contributed by atoms with E-state index in [1.165, 1.54) is 0 Å². The molecular formula is C16H14OPd2. The van der Waals surface area contributed by atoms with Crippen molar-refractivity contribution in [2.75, 3.05) is 0 Å². The Bertz CT molecular complexity index is 492. The number of ketones is 1. The zero-order valence-corrected chi connectivity index (χ0v) is 13.5. The number of hydrogen-bond acceptors (Lipinski definition) is 1. The molecule has 0 aliphatic carbocycles. The predicted octanol–water partition coefficient (Wildman–Crippen LogP) is 3.70. The van der Waals surface area contributed by atoms with E-state index in [2.05, 4.69) is 0 Å². The summed E-state index contributed by atoms with van der Waals surface area (Å²) in [6.07, 6.45) is 1.69. The minimum Gasteiger partial charge on any atom is -0.295 e. The molecule has 0 aliphatic heterocycles. The van der Waals surface area contributed by atoms with Crippen LogP contribution in [0.1, 0.15) is 18.1 Å². The molecule has 0 fully saturated rings. The van der Waals surface area contributed by atoms with Gasteiger partial charge in [-0.3, -0.25) is 4.79 Å². The molecule has 0 atom stereocenters. The van der Waals surface area contributed by atoms with Crippen LogP contribution in [0, 0.1) is 0 Å². The molecule has 0 aliphatic rings. The first-order valence-corrected chi connectivity index (χ1v) is 5.60. The van der Waals surface area contributed by atoms with Gasteiger partial charge in [0, 0.05) is 40.8 Å². The average molecular weight is 435 g/mol. The summed E-state index contributed by atoms with van der Waals surface area (Å²) in [5.74, 6) is 0.0627. The Morgan fingerprint density at radius 1 is 0.789 bits per heavy atom. The monoisotopic (exact) mass is 434 g/mol. The third-order valence-corrected chi connectivity index (χ3v) is 2.52. The Hall–Kier alpha value is -0.825. The number of allylic oxidation sites excluding steroid dienone is 1. The maximum absolute atomic E-state index is 11.3. The van der Waals surface area contributed by atoms with E-state index in [4.69, 9.17) is 0 Å². The molecule has 3 heteroatoms. The summed E-state index contributed by atoms with van der Waals surface area (Å²) in [5.41, 5.74) is 3.10. The largest absolute Gasteiger partial charge is 0.295 e. The van der Waals surface area contributed by atoms with E-state index in [0.29, 0.717) is 0 Å². The van der Waals surface area contributed by atoms with E-state index in [1.54, 1.807) is 13.0 Å². The molecule has 0 unspecified atom stereocenters. The van der Waals surface area contributed by atoms with Gasteiger partial charge < -0.3 is 0 Å². The summed E-state index contributed by atoms with van der Waals surface area (Å²) >= 11 is 0. The molecule has 2 aromatic rings. The van der Waals surface area contributed by atoms with Crippen LogP contribution in [-0.2, 0) is 45.6 Å². The third-order valence-electron chi connectivity index (χ3n) is 2.52. The first kappa shape index (κ1) is 18.2. The minimum absolute atomic E-state index is 0. The van der Waals surface area contributed by atoms with Crippen molar-refractivity contribution in [3.8, 4) is 0 Å². The number of carbonyl (C=O) groups is 1. The second-order valence-corrected chi connectivity index (χ2v) is 3.90. The fourth-order valence-electron chi connectivity index (χ4n) is 1.77. The Balaban J connectivity index is 0.00000162. The SMILES string of the molecule is CC(=O)C=C(c1ccccc1)c1ccccc1.[Pd].[Pd]. The maximum atomic E-state index is 11.3. The van der Waals surface area contributed by atoms with E-state index in [9.17, 15) is 4.79 Å². The van der Waals surface area contributed by atoms with Gasteiger partial charge in [0.2, 0.25) is 0 Å². The van der Waals surface area contributed by atoms with E-state index in [-0.39, 0.29) is 46.6 Å².